The third-order valence-corrected chi connectivity index (χ3v) is 3.72. The number of hydrogen-bond donors (Lipinski definition) is 2. The Morgan fingerprint density at radius 2 is 1.57 bits per heavy atom. The fraction of sp³-hybridized carbons (Fsp3) is 0.278. The molecule has 0 fully saturated rings. The van der Waals surface area contributed by atoms with Gasteiger partial charge in [0.05, 0.1) is 12.0 Å². The van der Waals surface area contributed by atoms with E-state index in [2.05, 4.69) is 5.32 Å². The molecule has 0 unspecified atom stereocenters. The Kier molecular flexibility index (Phi) is 4.76. The largest absolute Gasteiger partial charge is 0.392 e. The van der Waals surface area contributed by atoms with Gasteiger partial charge < -0.3 is 10.4 Å². The predicted molar refractivity (Wildman–Crippen MR) is 83.7 cm³/mol. The van der Waals surface area contributed by atoms with E-state index in [0.717, 1.165) is 16.7 Å². The van der Waals surface area contributed by atoms with Gasteiger partial charge in [0.2, 0.25) is 5.91 Å². The van der Waals surface area contributed by atoms with Crippen LogP contribution in [0.3, 0.4) is 0 Å². The molecule has 0 aromatic heterocycles. The van der Waals surface area contributed by atoms with Crippen molar-refractivity contribution in [2.45, 2.75) is 32.4 Å². The molecule has 0 saturated carbocycles. The second-order valence-electron chi connectivity index (χ2n) is 5.65. The molecule has 2 N–H and O–H groups in total. The maximum atomic E-state index is 12.4. The first-order chi connectivity index (χ1) is 10.0. The smallest absolute Gasteiger partial charge is 0.230 e. The second-order valence-corrected chi connectivity index (χ2v) is 5.65. The van der Waals surface area contributed by atoms with E-state index in [-0.39, 0.29) is 12.5 Å². The van der Waals surface area contributed by atoms with Crippen molar-refractivity contribution in [3.63, 3.8) is 0 Å². The van der Waals surface area contributed by atoms with E-state index >= 15 is 0 Å². The van der Waals surface area contributed by atoms with Gasteiger partial charge in [-0.15, -0.1) is 0 Å². The summed E-state index contributed by atoms with van der Waals surface area (Å²) in [7, 11) is 0. The average molecular weight is 283 g/mol. The van der Waals surface area contributed by atoms with Crippen molar-refractivity contribution < 1.29 is 9.90 Å². The summed E-state index contributed by atoms with van der Waals surface area (Å²) >= 11 is 0. The minimum atomic E-state index is -0.563. The molecule has 0 heterocycles. The lowest BCUT2D eigenvalue weighted by atomic mass is 9.84. The maximum Gasteiger partial charge on any atom is 0.230 e. The molecule has 0 spiro atoms. The highest BCUT2D eigenvalue weighted by molar-refractivity contribution is 5.87. The van der Waals surface area contributed by atoms with E-state index in [1.54, 1.807) is 0 Å². The molecule has 2 rings (SSSR count). The van der Waals surface area contributed by atoms with Crippen molar-refractivity contribution in [2.75, 3.05) is 0 Å². The van der Waals surface area contributed by atoms with Crippen LogP contribution in [0, 0.1) is 0 Å². The number of amides is 1. The molecular formula is C18H21NO2. The first-order valence-corrected chi connectivity index (χ1v) is 7.06. The second kappa shape index (κ2) is 6.55. The average Bonchev–Trinajstić information content (AvgIpc) is 2.53. The van der Waals surface area contributed by atoms with Crippen molar-refractivity contribution in [1.82, 2.24) is 5.32 Å². The van der Waals surface area contributed by atoms with Gasteiger partial charge >= 0.3 is 0 Å². The number of benzene rings is 2. The molecule has 0 aliphatic carbocycles. The monoisotopic (exact) mass is 283 g/mol. The molecule has 2 aromatic carbocycles. The van der Waals surface area contributed by atoms with Gasteiger partial charge in [0, 0.05) is 6.54 Å². The molecule has 3 nitrogen and oxygen atoms in total. The summed E-state index contributed by atoms with van der Waals surface area (Å²) in [4.78, 5) is 12.4. The zero-order valence-corrected chi connectivity index (χ0v) is 12.5. The number of hydrogen-bond acceptors (Lipinski definition) is 2. The molecule has 21 heavy (non-hydrogen) atoms. The molecule has 0 radical (unpaired) electrons. The van der Waals surface area contributed by atoms with E-state index < -0.39 is 5.41 Å². The van der Waals surface area contributed by atoms with Gasteiger partial charge in [-0.2, -0.15) is 0 Å². The number of aliphatic hydroxyl groups excluding tert-OH is 1. The Morgan fingerprint density at radius 1 is 1.00 bits per heavy atom. The van der Waals surface area contributed by atoms with E-state index in [9.17, 15) is 4.79 Å². The highest BCUT2D eigenvalue weighted by atomic mass is 16.3. The fourth-order valence-corrected chi connectivity index (χ4v) is 2.15. The molecule has 0 aliphatic heterocycles. The maximum absolute atomic E-state index is 12.4. The van der Waals surface area contributed by atoms with Gasteiger partial charge in [-0.25, -0.2) is 0 Å². The Bertz CT molecular complexity index is 588. The van der Waals surface area contributed by atoms with Gasteiger partial charge in [0.25, 0.3) is 0 Å². The Morgan fingerprint density at radius 3 is 2.14 bits per heavy atom. The number of nitrogens with one attached hydrogen (secondary N) is 1. The van der Waals surface area contributed by atoms with Gasteiger partial charge in [0.1, 0.15) is 0 Å². The van der Waals surface area contributed by atoms with Crippen LogP contribution in [0.25, 0.3) is 0 Å². The zero-order chi connectivity index (χ0) is 15.3. The predicted octanol–water partition coefficient (Wildman–Crippen LogP) is 2.77. The van der Waals surface area contributed by atoms with Crippen molar-refractivity contribution in [2.24, 2.45) is 0 Å². The van der Waals surface area contributed by atoms with Crippen molar-refractivity contribution >= 4 is 5.91 Å². The van der Waals surface area contributed by atoms with Crippen LogP contribution in [0.5, 0.6) is 0 Å². The van der Waals surface area contributed by atoms with Gasteiger partial charge in [-0.3, -0.25) is 4.79 Å². The van der Waals surface area contributed by atoms with Crippen LogP contribution >= 0.6 is 0 Å². The molecule has 0 atom stereocenters. The third kappa shape index (κ3) is 3.70. The van der Waals surface area contributed by atoms with Crippen LogP contribution in [0.4, 0.5) is 0 Å². The van der Waals surface area contributed by atoms with Crippen LogP contribution in [0.1, 0.15) is 30.5 Å². The normalized spacial score (nSPS) is 11.2. The lowest BCUT2D eigenvalue weighted by molar-refractivity contribution is -0.125. The molecule has 0 bridgehead atoms. The van der Waals surface area contributed by atoms with Crippen LogP contribution in [0.15, 0.2) is 54.6 Å². The van der Waals surface area contributed by atoms with Crippen molar-refractivity contribution in [1.29, 1.82) is 0 Å². The number of carbonyl (C=O) groups excluding carboxylic acids is 1. The van der Waals surface area contributed by atoms with Crippen LogP contribution in [-0.4, -0.2) is 11.0 Å². The highest BCUT2D eigenvalue weighted by Gasteiger charge is 2.29. The Hall–Kier alpha value is -2.13. The summed E-state index contributed by atoms with van der Waals surface area (Å²) in [6, 6.07) is 17.3. The fourth-order valence-electron chi connectivity index (χ4n) is 2.15. The van der Waals surface area contributed by atoms with E-state index in [0.29, 0.717) is 6.54 Å². The molecule has 3 heteroatoms. The summed E-state index contributed by atoms with van der Waals surface area (Å²) in [5.74, 6) is -0.0000604. The summed E-state index contributed by atoms with van der Waals surface area (Å²) in [5.41, 5.74) is 2.32. The van der Waals surface area contributed by atoms with E-state index in [1.807, 2.05) is 68.4 Å². The first-order valence-electron chi connectivity index (χ1n) is 7.06. The number of aliphatic hydroxyl groups is 1. The molecule has 1 amide bonds. The minimum Gasteiger partial charge on any atom is -0.392 e. The van der Waals surface area contributed by atoms with Crippen LogP contribution in [0.2, 0.25) is 0 Å². The number of rotatable bonds is 5. The molecule has 2 aromatic rings. The molecule has 0 saturated heterocycles. The van der Waals surface area contributed by atoms with Gasteiger partial charge in [-0.1, -0.05) is 54.6 Å². The zero-order valence-electron chi connectivity index (χ0n) is 12.5. The highest BCUT2D eigenvalue weighted by Crippen LogP contribution is 2.23. The topological polar surface area (TPSA) is 49.3 Å². The SMILES string of the molecule is CC(C)(C(=O)NCc1ccc(CO)cc1)c1ccccc1. The first kappa shape index (κ1) is 15.3. The van der Waals surface area contributed by atoms with Gasteiger partial charge in [-0.05, 0) is 30.5 Å². The summed E-state index contributed by atoms with van der Waals surface area (Å²) in [5, 5.41) is 12.0. The Labute approximate surface area is 125 Å². The third-order valence-electron chi connectivity index (χ3n) is 3.72. The van der Waals surface area contributed by atoms with Gasteiger partial charge in [0.15, 0.2) is 0 Å². The Balaban J connectivity index is 2.00. The lowest BCUT2D eigenvalue weighted by Gasteiger charge is -2.24. The summed E-state index contributed by atoms with van der Waals surface area (Å²) in [6.45, 7) is 4.37. The van der Waals surface area contributed by atoms with Crippen LogP contribution < -0.4 is 5.32 Å². The lowest BCUT2D eigenvalue weighted by Crippen LogP contribution is -2.39. The summed E-state index contributed by atoms with van der Waals surface area (Å²) < 4.78 is 0. The quantitative estimate of drug-likeness (QED) is 0.886. The molecule has 0 aliphatic rings. The summed E-state index contributed by atoms with van der Waals surface area (Å²) in [6.07, 6.45) is 0. The van der Waals surface area contributed by atoms with E-state index in [4.69, 9.17) is 5.11 Å². The van der Waals surface area contributed by atoms with E-state index in [1.165, 1.54) is 0 Å². The standard InChI is InChI=1S/C18H21NO2/c1-18(2,16-6-4-3-5-7-16)17(21)19-12-14-8-10-15(13-20)11-9-14/h3-11,20H,12-13H2,1-2H3,(H,19,21). The molecular weight excluding hydrogens is 262 g/mol. The van der Waals surface area contributed by atoms with Crippen molar-refractivity contribution in [3.8, 4) is 0 Å². The molecule has 110 valence electrons. The minimum absolute atomic E-state index is 0.0000604. The van der Waals surface area contributed by atoms with Crippen LogP contribution in [-0.2, 0) is 23.4 Å². The van der Waals surface area contributed by atoms with Crippen molar-refractivity contribution in [3.05, 3.63) is 71.3 Å². The number of carbonyl (C=O) groups is 1.